The van der Waals surface area contributed by atoms with Gasteiger partial charge in [-0.2, -0.15) is 0 Å². The van der Waals surface area contributed by atoms with Crippen molar-refractivity contribution in [2.75, 3.05) is 11.6 Å². The molecule has 2 aromatic rings. The van der Waals surface area contributed by atoms with Crippen molar-refractivity contribution in [2.24, 2.45) is 0 Å². The molecule has 0 aliphatic rings. The van der Waals surface area contributed by atoms with Crippen LogP contribution in [-0.4, -0.2) is 26.6 Å². The van der Waals surface area contributed by atoms with Gasteiger partial charge in [-0.25, -0.2) is 4.68 Å². The van der Waals surface area contributed by atoms with Crippen molar-refractivity contribution >= 4 is 17.7 Å². The molecule has 0 amide bonds. The van der Waals surface area contributed by atoms with E-state index in [9.17, 15) is 9.90 Å². The maximum absolute atomic E-state index is 10.4. The summed E-state index contributed by atoms with van der Waals surface area (Å²) in [4.78, 5) is 10.4. The Hall–Kier alpha value is -2.02. The average molecular weight is 263 g/mol. The Balaban J connectivity index is 2.25. The summed E-state index contributed by atoms with van der Waals surface area (Å²) in [6.07, 6.45) is 0. The Kier molecular flexibility index (Phi) is 3.52. The number of aliphatic carboxylic acids is 1. The monoisotopic (exact) mass is 263 g/mol. The van der Waals surface area contributed by atoms with Gasteiger partial charge in [0.15, 0.2) is 5.82 Å². The van der Waals surface area contributed by atoms with E-state index in [-0.39, 0.29) is 5.75 Å². The largest absolute Gasteiger partial charge is 0.549 e. The van der Waals surface area contributed by atoms with E-state index in [1.54, 1.807) is 0 Å². The van der Waals surface area contributed by atoms with Crippen molar-refractivity contribution in [3.05, 3.63) is 29.8 Å². The van der Waals surface area contributed by atoms with Gasteiger partial charge in [-0.1, -0.05) is 41.6 Å². The SMILES string of the molecule is Cc1ccc(-c2nnc(SCC(=O)[O-])n2N)cc1. The molecule has 0 spiro atoms. The van der Waals surface area contributed by atoms with Gasteiger partial charge >= 0.3 is 0 Å². The predicted molar refractivity (Wildman–Crippen MR) is 66.1 cm³/mol. The minimum atomic E-state index is -1.17. The summed E-state index contributed by atoms with van der Waals surface area (Å²) in [5.74, 6) is 4.94. The normalized spacial score (nSPS) is 10.5. The molecule has 2 rings (SSSR count). The second-order valence-electron chi connectivity index (χ2n) is 3.70. The molecule has 0 atom stereocenters. The van der Waals surface area contributed by atoms with Crippen LogP contribution in [0.2, 0.25) is 0 Å². The molecule has 18 heavy (non-hydrogen) atoms. The Morgan fingerprint density at radius 3 is 2.67 bits per heavy atom. The quantitative estimate of drug-likeness (QED) is 0.606. The summed E-state index contributed by atoms with van der Waals surface area (Å²) in [7, 11) is 0. The van der Waals surface area contributed by atoms with Crippen LogP contribution in [0.4, 0.5) is 0 Å². The highest BCUT2D eigenvalue weighted by Crippen LogP contribution is 2.21. The molecule has 0 unspecified atom stereocenters. The smallest absolute Gasteiger partial charge is 0.210 e. The van der Waals surface area contributed by atoms with Gasteiger partial charge in [0, 0.05) is 11.3 Å². The number of thioether (sulfide) groups is 1. The molecule has 1 aromatic heterocycles. The van der Waals surface area contributed by atoms with Gasteiger partial charge in [-0.3, -0.25) is 0 Å². The highest BCUT2D eigenvalue weighted by Gasteiger charge is 2.11. The number of nitrogens with two attached hydrogens (primary N) is 1. The summed E-state index contributed by atoms with van der Waals surface area (Å²) in [6, 6.07) is 7.65. The molecule has 0 saturated heterocycles. The molecule has 0 radical (unpaired) electrons. The fraction of sp³-hybridized carbons (Fsp3) is 0.182. The van der Waals surface area contributed by atoms with Crippen molar-refractivity contribution in [1.82, 2.24) is 14.9 Å². The molecular formula is C11H11N4O2S-. The number of hydrogen-bond donors (Lipinski definition) is 1. The number of hydrogen-bond acceptors (Lipinski definition) is 6. The molecule has 7 heteroatoms. The molecule has 1 heterocycles. The highest BCUT2D eigenvalue weighted by molar-refractivity contribution is 7.99. The van der Waals surface area contributed by atoms with Crippen molar-refractivity contribution in [3.8, 4) is 11.4 Å². The summed E-state index contributed by atoms with van der Waals surface area (Å²) < 4.78 is 1.28. The van der Waals surface area contributed by atoms with E-state index in [0.717, 1.165) is 22.9 Å². The zero-order valence-corrected chi connectivity index (χ0v) is 10.5. The fourth-order valence-electron chi connectivity index (χ4n) is 1.40. The first-order valence-electron chi connectivity index (χ1n) is 5.18. The summed E-state index contributed by atoms with van der Waals surface area (Å²) in [5, 5.41) is 18.5. The van der Waals surface area contributed by atoms with Crippen LogP contribution >= 0.6 is 11.8 Å². The number of nitrogen functional groups attached to an aromatic ring is 1. The number of carbonyl (C=O) groups excluding carboxylic acids is 1. The molecule has 0 fully saturated rings. The van der Waals surface area contributed by atoms with Crippen molar-refractivity contribution in [3.63, 3.8) is 0 Å². The van der Waals surface area contributed by atoms with E-state index in [2.05, 4.69) is 10.2 Å². The van der Waals surface area contributed by atoms with E-state index >= 15 is 0 Å². The second-order valence-corrected chi connectivity index (χ2v) is 4.65. The van der Waals surface area contributed by atoms with Gasteiger partial charge in [0.05, 0.1) is 5.97 Å². The zero-order valence-electron chi connectivity index (χ0n) is 9.66. The third kappa shape index (κ3) is 2.62. The van der Waals surface area contributed by atoms with E-state index in [0.29, 0.717) is 11.0 Å². The second kappa shape index (κ2) is 5.09. The lowest BCUT2D eigenvalue weighted by atomic mass is 10.1. The van der Waals surface area contributed by atoms with Gasteiger partial charge < -0.3 is 15.7 Å². The number of carboxylic acid groups (broad SMARTS) is 1. The first-order valence-corrected chi connectivity index (χ1v) is 6.16. The van der Waals surface area contributed by atoms with Crippen LogP contribution in [0.1, 0.15) is 5.56 Å². The van der Waals surface area contributed by atoms with E-state index in [1.165, 1.54) is 4.68 Å². The Morgan fingerprint density at radius 2 is 2.06 bits per heavy atom. The summed E-state index contributed by atoms with van der Waals surface area (Å²) in [6.45, 7) is 1.98. The van der Waals surface area contributed by atoms with Crippen LogP contribution in [-0.2, 0) is 4.79 Å². The van der Waals surface area contributed by atoms with Gasteiger partial charge in [-0.05, 0) is 6.92 Å². The number of carboxylic acids is 1. The van der Waals surface area contributed by atoms with Crippen LogP contribution < -0.4 is 10.9 Å². The molecular weight excluding hydrogens is 252 g/mol. The molecule has 0 saturated carbocycles. The van der Waals surface area contributed by atoms with Gasteiger partial charge in [0.2, 0.25) is 5.16 Å². The lowest BCUT2D eigenvalue weighted by molar-refractivity contribution is -0.301. The lowest BCUT2D eigenvalue weighted by Crippen LogP contribution is -2.24. The predicted octanol–water partition coefficient (Wildman–Crippen LogP) is -0.191. The maximum atomic E-state index is 10.4. The Bertz CT molecular complexity index is 565. The molecule has 1 aromatic carbocycles. The summed E-state index contributed by atoms with van der Waals surface area (Å²) in [5.41, 5.74) is 1.96. The first-order chi connectivity index (χ1) is 8.58. The van der Waals surface area contributed by atoms with Gasteiger partial charge in [0.25, 0.3) is 0 Å². The minimum absolute atomic E-state index is 0.205. The highest BCUT2D eigenvalue weighted by atomic mass is 32.2. The standard InChI is InChI=1S/C11H12N4O2S/c1-7-2-4-8(5-3-7)10-13-14-11(15(10)12)18-6-9(16)17/h2-5H,6,12H2,1H3,(H,16,17)/p-1. The van der Waals surface area contributed by atoms with Gasteiger partial charge in [-0.15, -0.1) is 10.2 Å². The van der Waals surface area contributed by atoms with Crippen LogP contribution in [0.15, 0.2) is 29.4 Å². The van der Waals surface area contributed by atoms with Crippen molar-refractivity contribution in [1.29, 1.82) is 0 Å². The molecule has 0 aliphatic heterocycles. The number of rotatable bonds is 4. The minimum Gasteiger partial charge on any atom is -0.549 e. The molecule has 0 bridgehead atoms. The zero-order chi connectivity index (χ0) is 13.1. The first kappa shape index (κ1) is 12.4. The van der Waals surface area contributed by atoms with Gasteiger partial charge in [0.1, 0.15) is 0 Å². The molecule has 94 valence electrons. The molecule has 6 nitrogen and oxygen atoms in total. The Labute approximate surface area is 108 Å². The lowest BCUT2D eigenvalue weighted by Gasteiger charge is -2.04. The molecule has 2 N–H and O–H groups in total. The number of aromatic nitrogens is 3. The van der Waals surface area contributed by atoms with Crippen molar-refractivity contribution in [2.45, 2.75) is 12.1 Å². The van der Waals surface area contributed by atoms with Crippen LogP contribution in [0.25, 0.3) is 11.4 Å². The van der Waals surface area contributed by atoms with E-state index < -0.39 is 5.97 Å². The molecule has 0 aliphatic carbocycles. The van der Waals surface area contributed by atoms with E-state index in [4.69, 9.17) is 5.84 Å². The van der Waals surface area contributed by atoms with Crippen LogP contribution in [0.3, 0.4) is 0 Å². The topological polar surface area (TPSA) is 96.9 Å². The number of aryl methyl sites for hydroxylation is 1. The third-order valence-corrected chi connectivity index (χ3v) is 3.21. The van der Waals surface area contributed by atoms with Crippen molar-refractivity contribution < 1.29 is 9.90 Å². The third-order valence-electron chi connectivity index (χ3n) is 2.29. The number of carbonyl (C=O) groups is 1. The Morgan fingerprint density at radius 1 is 1.39 bits per heavy atom. The maximum Gasteiger partial charge on any atom is 0.210 e. The number of benzene rings is 1. The number of nitrogens with zero attached hydrogens (tertiary/aromatic N) is 3. The van der Waals surface area contributed by atoms with Crippen LogP contribution in [0, 0.1) is 6.92 Å². The van der Waals surface area contributed by atoms with E-state index in [1.807, 2.05) is 31.2 Å². The fourth-order valence-corrected chi connectivity index (χ4v) is 1.97. The average Bonchev–Trinajstić information content (AvgIpc) is 2.69. The summed E-state index contributed by atoms with van der Waals surface area (Å²) >= 11 is 0.976. The van der Waals surface area contributed by atoms with Crippen LogP contribution in [0.5, 0.6) is 0 Å².